The van der Waals surface area contributed by atoms with Gasteiger partial charge in [-0.15, -0.1) is 0 Å². The number of hydrogen-bond acceptors (Lipinski definition) is 9. The molecule has 0 aliphatic heterocycles. The first-order chi connectivity index (χ1) is 11.0. The molecule has 0 unspecified atom stereocenters. The summed E-state index contributed by atoms with van der Waals surface area (Å²) in [5.41, 5.74) is 0. The summed E-state index contributed by atoms with van der Waals surface area (Å²) in [5.74, 6) is -1.68. The van der Waals surface area contributed by atoms with Crippen LogP contribution in [0.5, 0.6) is 0 Å². The molecule has 0 bridgehead atoms. The quantitative estimate of drug-likeness (QED) is 0.266. The van der Waals surface area contributed by atoms with Gasteiger partial charge in [0.05, 0.1) is 0 Å². The minimum atomic E-state index is -0.473. The molecule has 0 atom stereocenters. The average molecular weight is 399 g/mol. The molecule has 0 fully saturated rings. The Morgan fingerprint density at radius 1 is 0.600 bits per heavy atom. The summed E-state index contributed by atoms with van der Waals surface area (Å²) in [6.45, 7) is 2.47. The first-order valence-corrected chi connectivity index (χ1v) is 6.52. The fraction of sp³-hybridized carbons (Fsp3) is 0.400. The van der Waals surface area contributed by atoms with Crippen LogP contribution in [0.25, 0.3) is 0 Å². The minimum Gasteiger partial charge on any atom is -0.510 e. The van der Waals surface area contributed by atoms with Gasteiger partial charge in [0.2, 0.25) is 0 Å². The van der Waals surface area contributed by atoms with Gasteiger partial charge in [-0.3, -0.25) is 14.4 Å². The second-order valence-electron chi connectivity index (χ2n) is 4.21. The van der Waals surface area contributed by atoms with Crippen molar-refractivity contribution >= 4 is 17.3 Å². The van der Waals surface area contributed by atoms with Crippen molar-refractivity contribution in [3.8, 4) is 0 Å². The molecule has 1 radical (unpaired) electrons. The number of carbonyl (C=O) groups is 3. The van der Waals surface area contributed by atoms with Gasteiger partial charge in [-0.1, -0.05) is 0 Å². The Labute approximate surface area is 157 Å². The summed E-state index contributed by atoms with van der Waals surface area (Å²) in [6.07, 6.45) is 2.92. The standard InChI is InChI=1S/3C5H8O3.V/c3*1-4(7)2-5(8)3-6;/h3*2,6,8H,3H2,1H3;. The third-order valence-electron chi connectivity index (χ3n) is 1.60. The molecule has 25 heavy (non-hydrogen) atoms. The van der Waals surface area contributed by atoms with E-state index in [1.54, 1.807) is 0 Å². The summed E-state index contributed by atoms with van der Waals surface area (Å²) in [7, 11) is 0. The van der Waals surface area contributed by atoms with Crippen LogP contribution in [0.1, 0.15) is 20.8 Å². The fourth-order valence-corrected chi connectivity index (χ4v) is 0.841. The van der Waals surface area contributed by atoms with E-state index in [1.807, 2.05) is 0 Å². The first kappa shape index (κ1) is 30.9. The number of rotatable bonds is 6. The van der Waals surface area contributed by atoms with E-state index in [-0.39, 0.29) is 53.2 Å². The van der Waals surface area contributed by atoms with E-state index in [2.05, 4.69) is 0 Å². The Morgan fingerprint density at radius 2 is 0.760 bits per heavy atom. The second-order valence-corrected chi connectivity index (χ2v) is 4.21. The molecule has 0 aliphatic carbocycles. The number of aliphatic hydroxyl groups excluding tert-OH is 6. The third kappa shape index (κ3) is 34.4. The Morgan fingerprint density at radius 3 is 0.800 bits per heavy atom. The van der Waals surface area contributed by atoms with Crippen LogP contribution in [0.3, 0.4) is 0 Å². The number of ketones is 3. The topological polar surface area (TPSA) is 173 Å². The van der Waals surface area contributed by atoms with Crippen LogP contribution in [0, 0.1) is 0 Å². The molecule has 0 aliphatic rings. The van der Waals surface area contributed by atoms with Crippen LogP contribution in [0.2, 0.25) is 0 Å². The molecular weight excluding hydrogens is 375 g/mol. The van der Waals surface area contributed by atoms with E-state index >= 15 is 0 Å². The summed E-state index contributed by atoms with van der Waals surface area (Å²) >= 11 is 0. The monoisotopic (exact) mass is 399 g/mol. The van der Waals surface area contributed by atoms with Crippen LogP contribution >= 0.6 is 0 Å². The van der Waals surface area contributed by atoms with Crippen molar-refractivity contribution in [2.24, 2.45) is 0 Å². The fourth-order valence-electron chi connectivity index (χ4n) is 0.841. The summed E-state index contributed by atoms with van der Waals surface area (Å²) < 4.78 is 0. The molecule has 0 aromatic rings. The molecule has 0 amide bonds. The molecule has 9 nitrogen and oxygen atoms in total. The Bertz CT molecular complexity index is 422. The van der Waals surface area contributed by atoms with Gasteiger partial charge in [0.15, 0.2) is 17.3 Å². The second kappa shape index (κ2) is 20.1. The van der Waals surface area contributed by atoms with E-state index < -0.39 is 19.8 Å². The zero-order valence-electron chi connectivity index (χ0n) is 14.2. The maximum Gasteiger partial charge on any atom is 0.156 e. The Balaban J connectivity index is -0.000000130. The van der Waals surface area contributed by atoms with Crippen molar-refractivity contribution in [3.63, 3.8) is 0 Å². The van der Waals surface area contributed by atoms with Crippen molar-refractivity contribution in [1.82, 2.24) is 0 Å². The normalized spacial score (nSPS) is 11.0. The van der Waals surface area contributed by atoms with Gasteiger partial charge in [-0.05, 0) is 20.8 Å². The maximum atomic E-state index is 10.1. The predicted molar refractivity (Wildman–Crippen MR) is 85.4 cm³/mol. The van der Waals surface area contributed by atoms with Gasteiger partial charge in [0, 0.05) is 36.8 Å². The van der Waals surface area contributed by atoms with Gasteiger partial charge >= 0.3 is 0 Å². The largest absolute Gasteiger partial charge is 0.510 e. The Kier molecular flexibility index (Phi) is 24.9. The average Bonchev–Trinajstić information content (AvgIpc) is 2.46. The van der Waals surface area contributed by atoms with Crippen LogP contribution in [0.4, 0.5) is 0 Å². The third-order valence-corrected chi connectivity index (χ3v) is 1.60. The molecule has 0 aromatic carbocycles. The summed E-state index contributed by atoms with van der Waals surface area (Å²) in [6, 6.07) is 0. The number of aliphatic hydroxyl groups is 6. The zero-order valence-corrected chi connectivity index (χ0v) is 15.6. The number of carbonyl (C=O) groups excluding carboxylic acids is 3. The molecule has 0 spiro atoms. The van der Waals surface area contributed by atoms with Gasteiger partial charge in [-0.2, -0.15) is 0 Å². The van der Waals surface area contributed by atoms with Crippen LogP contribution in [0.15, 0.2) is 35.5 Å². The van der Waals surface area contributed by atoms with Gasteiger partial charge in [-0.25, -0.2) is 0 Å². The zero-order chi connectivity index (χ0) is 19.7. The molecule has 6 N–H and O–H groups in total. The molecule has 10 heteroatoms. The van der Waals surface area contributed by atoms with E-state index in [0.29, 0.717) is 0 Å². The van der Waals surface area contributed by atoms with E-state index in [4.69, 9.17) is 30.6 Å². The maximum absolute atomic E-state index is 10.1. The Hall–Kier alpha value is -1.91. The van der Waals surface area contributed by atoms with Gasteiger partial charge < -0.3 is 30.6 Å². The predicted octanol–water partition coefficient (Wildman–Crippen LogP) is 0.0263. The first-order valence-electron chi connectivity index (χ1n) is 6.52. The van der Waals surface area contributed by atoms with Crippen LogP contribution in [-0.2, 0) is 32.9 Å². The van der Waals surface area contributed by atoms with E-state index in [9.17, 15) is 14.4 Å². The van der Waals surface area contributed by atoms with Crippen molar-refractivity contribution in [3.05, 3.63) is 35.5 Å². The van der Waals surface area contributed by atoms with E-state index in [1.165, 1.54) is 20.8 Å². The molecule has 0 saturated heterocycles. The van der Waals surface area contributed by atoms with Gasteiger partial charge in [0.1, 0.15) is 37.1 Å². The van der Waals surface area contributed by atoms with Crippen LogP contribution < -0.4 is 0 Å². The molecule has 0 aromatic heterocycles. The summed E-state index contributed by atoms with van der Waals surface area (Å²) in [5, 5.41) is 49.6. The van der Waals surface area contributed by atoms with Crippen LogP contribution in [-0.4, -0.2) is 67.8 Å². The SMILES string of the molecule is CC(=O)C=C(O)CO.CC(=O)C=C(O)CO.CC(=O)C=C(O)CO.[V]. The van der Waals surface area contributed by atoms with E-state index in [0.717, 1.165) is 18.2 Å². The molecule has 0 heterocycles. The summed E-state index contributed by atoms with van der Waals surface area (Å²) in [4.78, 5) is 30.2. The molecule has 0 saturated carbocycles. The van der Waals surface area contributed by atoms with Crippen molar-refractivity contribution < 1.29 is 63.6 Å². The van der Waals surface area contributed by atoms with Crippen molar-refractivity contribution in [2.45, 2.75) is 20.8 Å². The number of allylic oxidation sites excluding steroid dienone is 3. The number of hydrogen-bond donors (Lipinski definition) is 6. The molecule has 0 rings (SSSR count). The van der Waals surface area contributed by atoms with Crippen molar-refractivity contribution in [1.29, 1.82) is 0 Å². The molecular formula is C15H24O9V. The minimum absolute atomic E-state index is 0. The van der Waals surface area contributed by atoms with Gasteiger partial charge in [0.25, 0.3) is 0 Å². The molecule has 143 valence electrons. The smallest absolute Gasteiger partial charge is 0.156 e. The van der Waals surface area contributed by atoms with Crippen molar-refractivity contribution in [2.75, 3.05) is 19.8 Å².